The van der Waals surface area contributed by atoms with Gasteiger partial charge >= 0.3 is 0 Å². The number of piperazine rings is 1. The number of amides is 2. The highest BCUT2D eigenvalue weighted by molar-refractivity contribution is 6.30. The zero-order valence-electron chi connectivity index (χ0n) is 16.9. The van der Waals surface area contributed by atoms with Crippen molar-refractivity contribution in [3.8, 4) is 0 Å². The van der Waals surface area contributed by atoms with E-state index >= 15 is 0 Å². The van der Waals surface area contributed by atoms with Gasteiger partial charge in [-0.2, -0.15) is 5.10 Å². The van der Waals surface area contributed by atoms with Crippen molar-refractivity contribution in [1.29, 1.82) is 0 Å². The fraction of sp³-hybridized carbons (Fsp3) is 0.476. The third-order valence-corrected chi connectivity index (χ3v) is 5.31. The van der Waals surface area contributed by atoms with Gasteiger partial charge in [-0.15, -0.1) is 0 Å². The summed E-state index contributed by atoms with van der Waals surface area (Å²) < 4.78 is 1.65. The molecule has 2 amide bonds. The summed E-state index contributed by atoms with van der Waals surface area (Å²) in [5.41, 5.74) is 2.32. The first-order chi connectivity index (χ1) is 13.1. The van der Waals surface area contributed by atoms with Crippen molar-refractivity contribution < 1.29 is 9.59 Å². The van der Waals surface area contributed by atoms with Crippen LogP contribution in [0.15, 0.2) is 30.3 Å². The summed E-state index contributed by atoms with van der Waals surface area (Å²) in [6, 6.07) is 9.20. The van der Waals surface area contributed by atoms with E-state index in [9.17, 15) is 9.59 Å². The number of rotatable bonds is 3. The second kappa shape index (κ2) is 7.95. The van der Waals surface area contributed by atoms with Crippen molar-refractivity contribution in [2.24, 2.45) is 7.05 Å². The van der Waals surface area contributed by atoms with Crippen LogP contribution in [-0.4, -0.2) is 57.6 Å². The fourth-order valence-electron chi connectivity index (χ4n) is 3.24. The van der Waals surface area contributed by atoms with Crippen molar-refractivity contribution in [3.63, 3.8) is 0 Å². The molecule has 1 saturated heterocycles. The molecule has 7 heteroatoms. The maximum Gasteiger partial charge on any atom is 0.272 e. The topological polar surface area (TPSA) is 58.4 Å². The standard InChI is InChI=1S/C21H27ClN4O2/c1-21(2,3)18-14-17(24(4)23-18)20(28)26-11-9-25(10-12-26)19(27)13-15-5-7-16(22)8-6-15/h5-8,14H,9-13H2,1-4H3. The average Bonchev–Trinajstić information content (AvgIpc) is 3.05. The molecule has 0 saturated carbocycles. The Balaban J connectivity index is 1.59. The number of hydrogen-bond donors (Lipinski definition) is 0. The van der Waals surface area contributed by atoms with Crippen LogP contribution in [0.4, 0.5) is 0 Å². The summed E-state index contributed by atoms with van der Waals surface area (Å²) in [4.78, 5) is 29.1. The predicted molar refractivity (Wildman–Crippen MR) is 110 cm³/mol. The molecule has 0 radical (unpaired) electrons. The minimum atomic E-state index is -0.108. The Labute approximate surface area is 171 Å². The second-order valence-electron chi connectivity index (χ2n) is 8.26. The Morgan fingerprint density at radius 2 is 1.61 bits per heavy atom. The maximum absolute atomic E-state index is 12.9. The van der Waals surface area contributed by atoms with Crippen LogP contribution in [0.5, 0.6) is 0 Å². The Morgan fingerprint density at radius 3 is 2.14 bits per heavy atom. The lowest BCUT2D eigenvalue weighted by Gasteiger charge is -2.34. The molecule has 3 rings (SSSR count). The highest BCUT2D eigenvalue weighted by Gasteiger charge is 2.28. The van der Waals surface area contributed by atoms with Crippen molar-refractivity contribution in [3.05, 3.63) is 52.3 Å². The lowest BCUT2D eigenvalue weighted by Crippen LogP contribution is -2.51. The first-order valence-electron chi connectivity index (χ1n) is 9.51. The number of carbonyl (C=O) groups excluding carboxylic acids is 2. The summed E-state index contributed by atoms with van der Waals surface area (Å²) in [7, 11) is 1.80. The quantitative estimate of drug-likeness (QED) is 0.793. The fourth-order valence-corrected chi connectivity index (χ4v) is 3.37. The molecule has 0 aliphatic carbocycles. The van der Waals surface area contributed by atoms with E-state index in [1.807, 2.05) is 23.1 Å². The molecule has 150 valence electrons. The van der Waals surface area contributed by atoms with Gasteiger partial charge < -0.3 is 9.80 Å². The minimum absolute atomic E-state index is 0.0321. The van der Waals surface area contributed by atoms with Crippen LogP contribution >= 0.6 is 11.6 Å². The summed E-state index contributed by atoms with van der Waals surface area (Å²) in [6.07, 6.45) is 0.349. The molecular weight excluding hydrogens is 376 g/mol. The molecule has 1 fully saturated rings. The Morgan fingerprint density at radius 1 is 1.04 bits per heavy atom. The summed E-state index contributed by atoms with van der Waals surface area (Å²) in [5, 5.41) is 5.15. The molecule has 0 N–H and O–H groups in total. The molecule has 1 aromatic carbocycles. The third-order valence-electron chi connectivity index (χ3n) is 5.06. The van der Waals surface area contributed by atoms with Gasteiger partial charge in [-0.05, 0) is 23.8 Å². The summed E-state index contributed by atoms with van der Waals surface area (Å²) in [5.74, 6) is 0.0419. The van der Waals surface area contributed by atoms with Crippen LogP contribution in [0.3, 0.4) is 0 Å². The summed E-state index contributed by atoms with van der Waals surface area (Å²) >= 11 is 5.89. The van der Waals surface area contributed by atoms with E-state index in [0.29, 0.717) is 43.3 Å². The van der Waals surface area contributed by atoms with Crippen LogP contribution in [0, 0.1) is 0 Å². The van der Waals surface area contributed by atoms with E-state index < -0.39 is 0 Å². The second-order valence-corrected chi connectivity index (χ2v) is 8.70. The molecular formula is C21H27ClN4O2. The SMILES string of the molecule is Cn1nc(C(C)(C)C)cc1C(=O)N1CCN(C(=O)Cc2ccc(Cl)cc2)CC1. The maximum atomic E-state index is 12.9. The average molecular weight is 403 g/mol. The normalized spacial score (nSPS) is 15.0. The van der Waals surface area contributed by atoms with Gasteiger partial charge in [0.1, 0.15) is 5.69 Å². The van der Waals surface area contributed by atoms with Crippen LogP contribution < -0.4 is 0 Å². The number of aryl methyl sites for hydroxylation is 1. The molecule has 0 bridgehead atoms. The zero-order chi connectivity index (χ0) is 20.5. The highest BCUT2D eigenvalue weighted by atomic mass is 35.5. The van der Waals surface area contributed by atoms with Gasteiger partial charge in [0, 0.05) is 43.7 Å². The molecule has 0 unspecified atom stereocenters. The van der Waals surface area contributed by atoms with Crippen LogP contribution in [0.2, 0.25) is 5.02 Å². The van der Waals surface area contributed by atoms with E-state index in [1.54, 1.807) is 28.8 Å². The van der Waals surface area contributed by atoms with Gasteiger partial charge in [0.2, 0.25) is 5.91 Å². The molecule has 2 heterocycles. The van der Waals surface area contributed by atoms with E-state index in [1.165, 1.54) is 0 Å². The lowest BCUT2D eigenvalue weighted by molar-refractivity contribution is -0.131. The van der Waals surface area contributed by atoms with Gasteiger partial charge in [0.15, 0.2) is 0 Å². The monoisotopic (exact) mass is 402 g/mol. The van der Waals surface area contributed by atoms with Crippen molar-refractivity contribution >= 4 is 23.4 Å². The number of aromatic nitrogens is 2. The van der Waals surface area contributed by atoms with E-state index in [2.05, 4.69) is 25.9 Å². The van der Waals surface area contributed by atoms with Gasteiger partial charge in [-0.3, -0.25) is 14.3 Å². The number of halogens is 1. The minimum Gasteiger partial charge on any atom is -0.339 e. The van der Waals surface area contributed by atoms with Gasteiger partial charge in [-0.1, -0.05) is 44.5 Å². The highest BCUT2D eigenvalue weighted by Crippen LogP contribution is 2.22. The number of benzene rings is 1. The van der Waals surface area contributed by atoms with Crippen molar-refractivity contribution in [2.45, 2.75) is 32.6 Å². The van der Waals surface area contributed by atoms with Crippen LogP contribution in [-0.2, 0) is 23.7 Å². The number of carbonyl (C=O) groups is 2. The van der Waals surface area contributed by atoms with Gasteiger partial charge in [0.05, 0.1) is 12.1 Å². The molecule has 1 aromatic heterocycles. The first-order valence-corrected chi connectivity index (χ1v) is 9.89. The molecule has 6 nitrogen and oxygen atoms in total. The van der Waals surface area contributed by atoms with Gasteiger partial charge in [-0.25, -0.2) is 0 Å². The summed E-state index contributed by atoms with van der Waals surface area (Å²) in [6.45, 7) is 8.38. The molecule has 0 spiro atoms. The third kappa shape index (κ3) is 4.55. The largest absolute Gasteiger partial charge is 0.339 e. The molecule has 1 aliphatic heterocycles. The smallest absolute Gasteiger partial charge is 0.272 e. The lowest BCUT2D eigenvalue weighted by atomic mass is 9.92. The first kappa shape index (κ1) is 20.4. The molecule has 0 atom stereocenters. The zero-order valence-corrected chi connectivity index (χ0v) is 17.7. The predicted octanol–water partition coefficient (Wildman–Crippen LogP) is 2.90. The Kier molecular flexibility index (Phi) is 5.79. The van der Waals surface area contributed by atoms with Crippen LogP contribution in [0.25, 0.3) is 0 Å². The number of hydrogen-bond acceptors (Lipinski definition) is 3. The van der Waals surface area contributed by atoms with Gasteiger partial charge in [0.25, 0.3) is 5.91 Å². The molecule has 28 heavy (non-hydrogen) atoms. The molecule has 1 aliphatic rings. The van der Waals surface area contributed by atoms with E-state index in [-0.39, 0.29) is 17.2 Å². The number of nitrogens with zero attached hydrogens (tertiary/aromatic N) is 4. The Hall–Kier alpha value is -2.34. The van der Waals surface area contributed by atoms with Crippen molar-refractivity contribution in [1.82, 2.24) is 19.6 Å². The van der Waals surface area contributed by atoms with Crippen molar-refractivity contribution in [2.75, 3.05) is 26.2 Å². The van der Waals surface area contributed by atoms with E-state index in [0.717, 1.165) is 11.3 Å². The molecule has 2 aromatic rings. The Bertz CT molecular complexity index is 860. The van der Waals surface area contributed by atoms with Crippen LogP contribution in [0.1, 0.15) is 42.5 Å². The van der Waals surface area contributed by atoms with E-state index in [4.69, 9.17) is 11.6 Å².